The SMILES string of the molecule is COC1C=C2CCC3C(CC[C@]4(C)C3CC[C@]4(O)CSc3nccn3C)[C@]2(C)CC1. The molecule has 0 saturated heterocycles. The second-order valence-corrected chi connectivity index (χ2v) is 11.9. The van der Waals surface area contributed by atoms with E-state index in [1.807, 2.05) is 26.6 Å². The minimum atomic E-state index is -0.579. The van der Waals surface area contributed by atoms with E-state index in [9.17, 15) is 5.11 Å². The van der Waals surface area contributed by atoms with Gasteiger partial charge in [-0.3, -0.25) is 0 Å². The van der Waals surface area contributed by atoms with Crippen LogP contribution in [0.2, 0.25) is 0 Å². The molecule has 5 rings (SSSR count). The second-order valence-electron chi connectivity index (χ2n) is 11.0. The Balaban J connectivity index is 1.37. The van der Waals surface area contributed by atoms with Crippen molar-refractivity contribution in [1.29, 1.82) is 0 Å². The first-order valence-electron chi connectivity index (χ1n) is 11.9. The first-order valence-corrected chi connectivity index (χ1v) is 12.9. The number of allylic oxidation sites excluding steroid dienone is 1. The fraction of sp³-hybridized carbons (Fsp3) is 0.800. The molecule has 0 spiro atoms. The molecule has 1 heterocycles. The van der Waals surface area contributed by atoms with Crippen molar-refractivity contribution in [2.24, 2.45) is 35.6 Å². The van der Waals surface area contributed by atoms with Crippen molar-refractivity contribution in [3.05, 3.63) is 24.0 Å². The Morgan fingerprint density at radius 1 is 1.17 bits per heavy atom. The summed E-state index contributed by atoms with van der Waals surface area (Å²) < 4.78 is 7.74. The van der Waals surface area contributed by atoms with Crippen LogP contribution in [0, 0.1) is 28.6 Å². The lowest BCUT2D eigenvalue weighted by molar-refractivity contribution is -0.116. The lowest BCUT2D eigenvalue weighted by Crippen LogP contribution is -2.55. The third-order valence-corrected chi connectivity index (χ3v) is 11.2. The minimum absolute atomic E-state index is 0.0354. The van der Waals surface area contributed by atoms with E-state index in [2.05, 4.69) is 29.5 Å². The van der Waals surface area contributed by atoms with Gasteiger partial charge in [-0.15, -0.1) is 0 Å². The van der Waals surface area contributed by atoms with E-state index in [1.165, 1.54) is 32.1 Å². The van der Waals surface area contributed by atoms with E-state index in [0.29, 0.717) is 17.4 Å². The number of imidazole rings is 1. The highest BCUT2D eigenvalue weighted by Crippen LogP contribution is 2.68. The van der Waals surface area contributed by atoms with Crippen LogP contribution < -0.4 is 0 Å². The molecule has 0 amide bonds. The Hall–Kier alpha value is -0.780. The zero-order valence-corrected chi connectivity index (χ0v) is 19.9. The van der Waals surface area contributed by atoms with E-state index in [1.54, 1.807) is 17.3 Å². The fourth-order valence-corrected chi connectivity index (χ4v) is 9.15. The lowest BCUT2D eigenvalue weighted by atomic mass is 9.46. The first-order chi connectivity index (χ1) is 14.3. The summed E-state index contributed by atoms with van der Waals surface area (Å²) in [5, 5.41) is 12.9. The molecule has 3 fully saturated rings. The van der Waals surface area contributed by atoms with E-state index in [-0.39, 0.29) is 5.41 Å². The van der Waals surface area contributed by atoms with E-state index in [0.717, 1.165) is 42.0 Å². The van der Waals surface area contributed by atoms with Gasteiger partial charge in [-0.2, -0.15) is 0 Å². The molecular weight excluding hydrogens is 392 g/mol. The molecule has 4 unspecified atom stereocenters. The average Bonchev–Trinajstić information content (AvgIpc) is 3.26. The summed E-state index contributed by atoms with van der Waals surface area (Å²) in [7, 11) is 3.89. The van der Waals surface area contributed by atoms with Gasteiger partial charge >= 0.3 is 0 Å². The van der Waals surface area contributed by atoms with Crippen molar-refractivity contribution in [2.75, 3.05) is 12.9 Å². The lowest BCUT2D eigenvalue weighted by Gasteiger charge is -2.59. The molecule has 4 aliphatic rings. The van der Waals surface area contributed by atoms with Crippen molar-refractivity contribution in [3.8, 4) is 0 Å². The maximum Gasteiger partial charge on any atom is 0.167 e. The summed E-state index contributed by atoms with van der Waals surface area (Å²) in [5.41, 5.74) is 1.48. The maximum atomic E-state index is 11.9. The smallest absolute Gasteiger partial charge is 0.167 e. The van der Waals surface area contributed by atoms with Gasteiger partial charge in [-0.1, -0.05) is 37.3 Å². The number of hydrogen-bond donors (Lipinski definition) is 1. The number of thioether (sulfide) groups is 1. The van der Waals surface area contributed by atoms with Crippen LogP contribution in [0.15, 0.2) is 29.2 Å². The van der Waals surface area contributed by atoms with Crippen LogP contribution >= 0.6 is 11.8 Å². The van der Waals surface area contributed by atoms with Gasteiger partial charge in [0.25, 0.3) is 0 Å². The molecule has 166 valence electrons. The van der Waals surface area contributed by atoms with Crippen molar-refractivity contribution in [2.45, 2.75) is 82.1 Å². The summed E-state index contributed by atoms with van der Waals surface area (Å²) in [4.78, 5) is 4.47. The Bertz CT molecular complexity index is 837. The summed E-state index contributed by atoms with van der Waals surface area (Å²) >= 11 is 1.73. The number of aliphatic hydroxyl groups is 1. The number of hydrogen-bond acceptors (Lipinski definition) is 4. The monoisotopic (exact) mass is 430 g/mol. The summed E-state index contributed by atoms with van der Waals surface area (Å²) in [6.45, 7) is 4.96. The molecule has 1 N–H and O–H groups in total. The van der Waals surface area contributed by atoms with Crippen molar-refractivity contribution < 1.29 is 9.84 Å². The van der Waals surface area contributed by atoms with Crippen LogP contribution in [0.3, 0.4) is 0 Å². The minimum Gasteiger partial charge on any atom is -0.388 e. The maximum absolute atomic E-state index is 11.9. The van der Waals surface area contributed by atoms with Crippen LogP contribution in [0.5, 0.6) is 0 Å². The van der Waals surface area contributed by atoms with Gasteiger partial charge < -0.3 is 14.4 Å². The van der Waals surface area contributed by atoms with E-state index >= 15 is 0 Å². The number of aromatic nitrogens is 2. The molecule has 4 aliphatic carbocycles. The summed E-state index contributed by atoms with van der Waals surface area (Å²) in [6.07, 6.45) is 16.1. The van der Waals surface area contributed by atoms with Gasteiger partial charge in [0, 0.05) is 37.7 Å². The zero-order chi connectivity index (χ0) is 21.1. The highest BCUT2D eigenvalue weighted by atomic mass is 32.2. The van der Waals surface area contributed by atoms with E-state index < -0.39 is 5.60 Å². The predicted octanol–water partition coefficient (Wildman–Crippen LogP) is 5.22. The van der Waals surface area contributed by atoms with E-state index in [4.69, 9.17) is 4.74 Å². The predicted molar refractivity (Wildman–Crippen MR) is 121 cm³/mol. The van der Waals surface area contributed by atoms with Crippen LogP contribution in [0.25, 0.3) is 0 Å². The largest absolute Gasteiger partial charge is 0.388 e. The van der Waals surface area contributed by atoms with Crippen molar-refractivity contribution in [3.63, 3.8) is 0 Å². The van der Waals surface area contributed by atoms with Crippen molar-refractivity contribution in [1.82, 2.24) is 9.55 Å². The molecule has 4 nitrogen and oxygen atoms in total. The standard InChI is InChI=1S/C25H38N2O2S/c1-23-10-7-18(29-4)15-17(23)5-6-19-20(23)8-11-24(2)21(19)9-12-25(24,28)16-30-22-26-13-14-27(22)3/h13-15,18-21,28H,5-12,16H2,1-4H3/t18?,19?,20?,21?,23-,24-,25+/m1/s1. The Kier molecular flexibility index (Phi) is 5.19. The highest BCUT2D eigenvalue weighted by molar-refractivity contribution is 7.99. The Labute approximate surface area is 185 Å². The van der Waals surface area contributed by atoms with Crippen LogP contribution in [-0.2, 0) is 11.8 Å². The quantitative estimate of drug-likeness (QED) is 0.525. The van der Waals surface area contributed by atoms with Crippen LogP contribution in [0.1, 0.15) is 65.2 Å². The zero-order valence-electron chi connectivity index (χ0n) is 19.1. The Morgan fingerprint density at radius 2 is 1.97 bits per heavy atom. The van der Waals surface area contributed by atoms with Gasteiger partial charge in [0.1, 0.15) is 0 Å². The number of methoxy groups -OCH3 is 1. The number of fused-ring (bicyclic) bond motifs is 5. The normalized spacial score (nSPS) is 45.4. The highest BCUT2D eigenvalue weighted by Gasteiger charge is 2.63. The molecule has 1 aromatic heterocycles. The molecule has 0 aliphatic heterocycles. The molecular formula is C25H38N2O2S. The molecule has 5 heteroatoms. The average molecular weight is 431 g/mol. The summed E-state index contributed by atoms with van der Waals surface area (Å²) in [6, 6.07) is 0. The van der Waals surface area contributed by atoms with Gasteiger partial charge in [-0.05, 0) is 74.5 Å². The molecule has 7 atom stereocenters. The van der Waals surface area contributed by atoms with Crippen molar-refractivity contribution >= 4 is 11.8 Å². The van der Waals surface area contributed by atoms with Gasteiger partial charge in [0.05, 0.1) is 11.7 Å². The third-order valence-electron chi connectivity index (χ3n) is 9.91. The first kappa shape index (κ1) is 21.1. The number of ether oxygens (including phenoxy) is 1. The third kappa shape index (κ3) is 2.98. The second kappa shape index (κ2) is 7.38. The molecule has 30 heavy (non-hydrogen) atoms. The van der Waals surface area contributed by atoms with Crippen LogP contribution in [-0.4, -0.2) is 39.2 Å². The topological polar surface area (TPSA) is 47.3 Å². The van der Waals surface area contributed by atoms with Gasteiger partial charge in [-0.25, -0.2) is 4.98 Å². The summed E-state index contributed by atoms with van der Waals surface area (Å²) in [5.74, 6) is 2.96. The molecule has 0 bridgehead atoms. The van der Waals surface area contributed by atoms with Gasteiger partial charge in [0.15, 0.2) is 5.16 Å². The van der Waals surface area contributed by atoms with Gasteiger partial charge in [0.2, 0.25) is 0 Å². The molecule has 0 radical (unpaired) electrons. The number of nitrogens with zero attached hydrogens (tertiary/aromatic N) is 2. The molecule has 1 aromatic rings. The van der Waals surface area contributed by atoms with Crippen LogP contribution in [0.4, 0.5) is 0 Å². The number of rotatable bonds is 4. The molecule has 3 saturated carbocycles. The Morgan fingerprint density at radius 3 is 2.70 bits per heavy atom. The number of aryl methyl sites for hydroxylation is 1. The fourth-order valence-electron chi connectivity index (χ4n) is 7.90. The molecule has 0 aromatic carbocycles.